The third-order valence-electron chi connectivity index (χ3n) is 4.60. The molecule has 0 bridgehead atoms. The zero-order chi connectivity index (χ0) is 20.1. The topological polar surface area (TPSA) is 96.5 Å². The summed E-state index contributed by atoms with van der Waals surface area (Å²) in [4.78, 5) is 34.0. The monoisotopic (exact) mass is 394 g/mol. The summed E-state index contributed by atoms with van der Waals surface area (Å²) in [5, 5.41) is 2.76. The molecule has 2 amide bonds. The molecule has 1 aliphatic heterocycles. The Hall–Kier alpha value is -3.23. The summed E-state index contributed by atoms with van der Waals surface area (Å²) in [6, 6.07) is 14.6. The number of para-hydroxylation sites is 2. The van der Waals surface area contributed by atoms with Gasteiger partial charge >= 0.3 is 0 Å². The van der Waals surface area contributed by atoms with Gasteiger partial charge in [-0.25, -0.2) is 4.98 Å². The smallest absolute Gasteiger partial charge is 0.254 e. The van der Waals surface area contributed by atoms with Crippen molar-refractivity contribution in [2.45, 2.75) is 6.61 Å². The standard InChI is InChI=1S/C21H22N4O4/c26-20(14-29-13-19-23-17-6-1-2-7-18(17)24-19)22-16-5-3-4-15(12-16)21(27)25-8-10-28-11-9-25/h1-7,12H,8-11,13-14H2,(H,22,26)(H,23,24). The quantitative estimate of drug-likeness (QED) is 0.668. The fourth-order valence-electron chi connectivity index (χ4n) is 3.19. The van der Waals surface area contributed by atoms with Crippen LogP contribution in [0.15, 0.2) is 48.5 Å². The van der Waals surface area contributed by atoms with E-state index in [1.165, 1.54) is 0 Å². The van der Waals surface area contributed by atoms with Gasteiger partial charge in [-0.2, -0.15) is 0 Å². The van der Waals surface area contributed by atoms with Gasteiger partial charge in [0.15, 0.2) is 0 Å². The van der Waals surface area contributed by atoms with E-state index in [-0.39, 0.29) is 25.0 Å². The Morgan fingerprint density at radius 2 is 1.97 bits per heavy atom. The van der Waals surface area contributed by atoms with Crippen LogP contribution in [-0.4, -0.2) is 59.6 Å². The van der Waals surface area contributed by atoms with Crippen LogP contribution in [0, 0.1) is 0 Å². The Labute approximate surface area is 167 Å². The summed E-state index contributed by atoms with van der Waals surface area (Å²) >= 11 is 0. The fourth-order valence-corrected chi connectivity index (χ4v) is 3.19. The number of imidazole rings is 1. The summed E-state index contributed by atoms with van der Waals surface area (Å²) in [5.41, 5.74) is 2.88. The maximum atomic E-state index is 12.6. The number of H-pyrrole nitrogens is 1. The molecule has 1 fully saturated rings. The SMILES string of the molecule is O=C(COCc1nc2ccccc2[nH]1)Nc1cccc(C(=O)N2CCOCC2)c1. The number of fused-ring (bicyclic) bond motifs is 1. The summed E-state index contributed by atoms with van der Waals surface area (Å²) in [6.07, 6.45) is 0. The van der Waals surface area contributed by atoms with Gasteiger partial charge in [0.1, 0.15) is 19.0 Å². The summed E-state index contributed by atoms with van der Waals surface area (Å²) in [7, 11) is 0. The largest absolute Gasteiger partial charge is 0.378 e. The number of anilines is 1. The van der Waals surface area contributed by atoms with Gasteiger partial charge in [0, 0.05) is 24.3 Å². The number of rotatable bonds is 6. The van der Waals surface area contributed by atoms with E-state index in [1.54, 1.807) is 29.2 Å². The number of morpholine rings is 1. The number of amides is 2. The molecule has 0 unspecified atom stereocenters. The Balaban J connectivity index is 1.29. The number of nitrogens with one attached hydrogen (secondary N) is 2. The highest BCUT2D eigenvalue weighted by Gasteiger charge is 2.18. The number of ether oxygens (including phenoxy) is 2. The number of aromatic amines is 1. The predicted octanol–water partition coefficient (Wildman–Crippen LogP) is 2.19. The molecule has 8 heteroatoms. The minimum atomic E-state index is -0.294. The average molecular weight is 394 g/mol. The molecule has 0 aliphatic carbocycles. The molecule has 2 aromatic carbocycles. The van der Waals surface area contributed by atoms with Crippen LogP contribution in [-0.2, 0) is 20.9 Å². The molecule has 3 aromatic rings. The number of benzene rings is 2. The number of nitrogens with zero attached hydrogens (tertiary/aromatic N) is 2. The van der Waals surface area contributed by atoms with Crippen LogP contribution in [0.3, 0.4) is 0 Å². The van der Waals surface area contributed by atoms with Crippen molar-refractivity contribution in [1.82, 2.24) is 14.9 Å². The number of carbonyl (C=O) groups excluding carboxylic acids is 2. The van der Waals surface area contributed by atoms with Gasteiger partial charge in [-0.15, -0.1) is 0 Å². The molecule has 1 aliphatic rings. The van der Waals surface area contributed by atoms with E-state index in [0.717, 1.165) is 11.0 Å². The van der Waals surface area contributed by atoms with E-state index in [2.05, 4.69) is 15.3 Å². The van der Waals surface area contributed by atoms with Crippen molar-refractivity contribution in [3.05, 3.63) is 59.9 Å². The molecule has 0 radical (unpaired) electrons. The Morgan fingerprint density at radius 1 is 1.14 bits per heavy atom. The van der Waals surface area contributed by atoms with Crippen LogP contribution in [0.2, 0.25) is 0 Å². The van der Waals surface area contributed by atoms with Crippen molar-refractivity contribution in [1.29, 1.82) is 0 Å². The maximum absolute atomic E-state index is 12.6. The minimum absolute atomic E-state index is 0.0643. The molecule has 1 saturated heterocycles. The molecule has 2 N–H and O–H groups in total. The summed E-state index contributed by atoms with van der Waals surface area (Å²) < 4.78 is 10.7. The van der Waals surface area contributed by atoms with Crippen LogP contribution < -0.4 is 5.32 Å². The van der Waals surface area contributed by atoms with E-state index < -0.39 is 0 Å². The molecule has 0 saturated carbocycles. The van der Waals surface area contributed by atoms with E-state index in [9.17, 15) is 9.59 Å². The van der Waals surface area contributed by atoms with Gasteiger partial charge in [-0.1, -0.05) is 18.2 Å². The Kier molecular flexibility index (Phi) is 5.83. The van der Waals surface area contributed by atoms with Crippen molar-refractivity contribution in [2.24, 2.45) is 0 Å². The zero-order valence-electron chi connectivity index (χ0n) is 15.9. The van der Waals surface area contributed by atoms with Crippen molar-refractivity contribution in [3.63, 3.8) is 0 Å². The van der Waals surface area contributed by atoms with E-state index >= 15 is 0 Å². The Bertz CT molecular complexity index is 978. The van der Waals surface area contributed by atoms with Crippen LogP contribution >= 0.6 is 0 Å². The molecular weight excluding hydrogens is 372 g/mol. The molecule has 150 valence electrons. The molecule has 1 aromatic heterocycles. The van der Waals surface area contributed by atoms with Crippen molar-refractivity contribution >= 4 is 28.5 Å². The fraction of sp³-hybridized carbons (Fsp3) is 0.286. The highest BCUT2D eigenvalue weighted by molar-refractivity contribution is 5.97. The average Bonchev–Trinajstić information content (AvgIpc) is 3.17. The van der Waals surface area contributed by atoms with Crippen LogP contribution in [0.25, 0.3) is 11.0 Å². The van der Waals surface area contributed by atoms with Crippen molar-refractivity contribution in [3.8, 4) is 0 Å². The van der Waals surface area contributed by atoms with Crippen LogP contribution in [0.5, 0.6) is 0 Å². The van der Waals surface area contributed by atoms with Gasteiger partial charge < -0.3 is 24.7 Å². The predicted molar refractivity (Wildman–Crippen MR) is 108 cm³/mol. The lowest BCUT2D eigenvalue weighted by atomic mass is 10.1. The van der Waals surface area contributed by atoms with Crippen molar-refractivity contribution in [2.75, 3.05) is 38.2 Å². The third kappa shape index (κ3) is 4.79. The number of hydrogen-bond acceptors (Lipinski definition) is 5. The molecule has 4 rings (SSSR count). The molecule has 0 spiro atoms. The highest BCUT2D eigenvalue weighted by atomic mass is 16.5. The first kappa shape index (κ1) is 19.1. The van der Waals surface area contributed by atoms with E-state index in [1.807, 2.05) is 24.3 Å². The number of carbonyl (C=O) groups is 2. The van der Waals surface area contributed by atoms with Crippen LogP contribution in [0.4, 0.5) is 5.69 Å². The van der Waals surface area contributed by atoms with Crippen LogP contribution in [0.1, 0.15) is 16.2 Å². The normalized spacial score (nSPS) is 14.1. The number of aromatic nitrogens is 2. The lowest BCUT2D eigenvalue weighted by Crippen LogP contribution is -2.40. The van der Waals surface area contributed by atoms with Gasteiger partial charge in [0.25, 0.3) is 5.91 Å². The second kappa shape index (κ2) is 8.85. The first-order valence-corrected chi connectivity index (χ1v) is 9.47. The van der Waals surface area contributed by atoms with Gasteiger partial charge in [0.05, 0.1) is 24.2 Å². The first-order chi connectivity index (χ1) is 14.2. The minimum Gasteiger partial charge on any atom is -0.378 e. The third-order valence-corrected chi connectivity index (χ3v) is 4.60. The summed E-state index contributed by atoms with van der Waals surface area (Å²) in [5.74, 6) is 0.305. The molecule has 8 nitrogen and oxygen atoms in total. The van der Waals surface area contributed by atoms with E-state index in [4.69, 9.17) is 9.47 Å². The number of hydrogen-bond donors (Lipinski definition) is 2. The summed E-state index contributed by atoms with van der Waals surface area (Å²) in [6.45, 7) is 2.34. The van der Waals surface area contributed by atoms with Gasteiger partial charge in [-0.3, -0.25) is 9.59 Å². The highest BCUT2D eigenvalue weighted by Crippen LogP contribution is 2.14. The van der Waals surface area contributed by atoms with Gasteiger partial charge in [0.2, 0.25) is 5.91 Å². The second-order valence-corrected chi connectivity index (χ2v) is 6.73. The van der Waals surface area contributed by atoms with Gasteiger partial charge in [-0.05, 0) is 30.3 Å². The van der Waals surface area contributed by atoms with Crippen molar-refractivity contribution < 1.29 is 19.1 Å². The molecular formula is C21H22N4O4. The zero-order valence-corrected chi connectivity index (χ0v) is 15.9. The molecule has 29 heavy (non-hydrogen) atoms. The lowest BCUT2D eigenvalue weighted by molar-refractivity contribution is -0.121. The van der Waals surface area contributed by atoms with E-state index in [0.29, 0.717) is 43.4 Å². The second-order valence-electron chi connectivity index (χ2n) is 6.73. The Morgan fingerprint density at radius 3 is 2.79 bits per heavy atom. The molecule has 2 heterocycles. The lowest BCUT2D eigenvalue weighted by Gasteiger charge is -2.27. The first-order valence-electron chi connectivity index (χ1n) is 9.47. The maximum Gasteiger partial charge on any atom is 0.254 e. The molecule has 0 atom stereocenters.